The summed E-state index contributed by atoms with van der Waals surface area (Å²) in [5, 5.41) is 5.95. The summed E-state index contributed by atoms with van der Waals surface area (Å²) in [6.45, 7) is 2.64. The molecule has 1 amide bonds. The number of alkyl halides is 3. The van der Waals surface area contributed by atoms with Gasteiger partial charge in [0, 0.05) is 25.2 Å². The number of pyridine rings is 1. The SMILES string of the molecule is CC(NC(=O)C1CNCC1c1ccc(C(F)(F)F)nc1)c1cccc(F)c1. The van der Waals surface area contributed by atoms with Gasteiger partial charge >= 0.3 is 6.18 Å². The van der Waals surface area contributed by atoms with Crippen LogP contribution in [0.4, 0.5) is 17.6 Å². The smallest absolute Gasteiger partial charge is 0.349 e. The van der Waals surface area contributed by atoms with Gasteiger partial charge in [-0.1, -0.05) is 18.2 Å². The number of carbonyl (C=O) groups is 1. The largest absolute Gasteiger partial charge is 0.433 e. The van der Waals surface area contributed by atoms with E-state index in [4.69, 9.17) is 0 Å². The number of hydrogen-bond acceptors (Lipinski definition) is 3. The number of halogens is 4. The molecule has 3 unspecified atom stereocenters. The molecular formula is C19H19F4N3O. The van der Waals surface area contributed by atoms with E-state index < -0.39 is 17.8 Å². The van der Waals surface area contributed by atoms with Crippen LogP contribution in [0.2, 0.25) is 0 Å². The predicted molar refractivity (Wildman–Crippen MR) is 91.3 cm³/mol. The lowest BCUT2D eigenvalue weighted by Crippen LogP contribution is -2.36. The quantitative estimate of drug-likeness (QED) is 0.798. The average Bonchev–Trinajstić information content (AvgIpc) is 3.11. The first-order valence-electron chi connectivity index (χ1n) is 8.55. The normalized spacial score (nSPS) is 21.1. The summed E-state index contributed by atoms with van der Waals surface area (Å²) in [5.41, 5.74) is 0.256. The first kappa shape index (κ1) is 19.3. The molecule has 2 heterocycles. The predicted octanol–water partition coefficient (Wildman–Crippen LogP) is 3.42. The minimum atomic E-state index is -4.50. The fourth-order valence-corrected chi connectivity index (χ4v) is 3.28. The first-order chi connectivity index (χ1) is 12.8. The molecule has 2 N–H and O–H groups in total. The van der Waals surface area contributed by atoms with Gasteiger partial charge in [0.25, 0.3) is 0 Å². The molecule has 1 aromatic heterocycles. The monoisotopic (exact) mass is 381 g/mol. The van der Waals surface area contributed by atoms with Crippen LogP contribution in [0.1, 0.15) is 35.7 Å². The fraction of sp³-hybridized carbons (Fsp3) is 0.368. The van der Waals surface area contributed by atoms with Crippen LogP contribution in [0.15, 0.2) is 42.6 Å². The van der Waals surface area contributed by atoms with Gasteiger partial charge in [0.05, 0.1) is 12.0 Å². The second kappa shape index (κ2) is 7.64. The summed E-state index contributed by atoms with van der Waals surface area (Å²) in [4.78, 5) is 16.2. The molecule has 1 aromatic carbocycles. The Morgan fingerprint density at radius 1 is 1.26 bits per heavy atom. The van der Waals surface area contributed by atoms with Crippen molar-refractivity contribution in [3.05, 3.63) is 65.2 Å². The molecule has 2 aromatic rings. The van der Waals surface area contributed by atoms with Crippen LogP contribution in [0.3, 0.4) is 0 Å². The molecule has 0 bridgehead atoms. The summed E-state index contributed by atoms with van der Waals surface area (Å²) in [7, 11) is 0. The van der Waals surface area contributed by atoms with Crippen LogP contribution >= 0.6 is 0 Å². The maximum atomic E-state index is 13.4. The molecule has 1 aliphatic heterocycles. The Hall–Kier alpha value is -2.48. The van der Waals surface area contributed by atoms with Crippen LogP contribution in [0.5, 0.6) is 0 Å². The van der Waals surface area contributed by atoms with Crippen LogP contribution in [-0.4, -0.2) is 24.0 Å². The lowest BCUT2D eigenvalue weighted by Gasteiger charge is -2.22. The van der Waals surface area contributed by atoms with Crippen molar-refractivity contribution in [1.29, 1.82) is 0 Å². The number of benzene rings is 1. The van der Waals surface area contributed by atoms with Gasteiger partial charge in [0.15, 0.2) is 0 Å². The van der Waals surface area contributed by atoms with E-state index in [1.807, 2.05) is 0 Å². The molecule has 1 saturated heterocycles. The van der Waals surface area contributed by atoms with Gasteiger partial charge in [0.2, 0.25) is 5.91 Å². The summed E-state index contributed by atoms with van der Waals surface area (Å²) in [5.74, 6) is -1.34. The summed E-state index contributed by atoms with van der Waals surface area (Å²) >= 11 is 0. The topological polar surface area (TPSA) is 54.0 Å². The van der Waals surface area contributed by atoms with Crippen molar-refractivity contribution in [2.24, 2.45) is 5.92 Å². The van der Waals surface area contributed by atoms with Gasteiger partial charge in [-0.25, -0.2) is 4.39 Å². The summed E-state index contributed by atoms with van der Waals surface area (Å²) < 4.78 is 51.4. The molecule has 8 heteroatoms. The highest BCUT2D eigenvalue weighted by Gasteiger charge is 2.36. The standard InChI is InChI=1S/C19H19F4N3O/c1-11(12-3-2-4-14(20)7-12)26-18(27)16-10-24-9-15(16)13-5-6-17(25-8-13)19(21,22)23/h2-8,11,15-16,24H,9-10H2,1H3,(H,26,27). The lowest BCUT2D eigenvalue weighted by molar-refractivity contribution is -0.141. The molecule has 0 spiro atoms. The van der Waals surface area contributed by atoms with E-state index in [0.29, 0.717) is 24.2 Å². The van der Waals surface area contributed by atoms with Crippen molar-refractivity contribution < 1.29 is 22.4 Å². The van der Waals surface area contributed by atoms with Crippen LogP contribution in [0.25, 0.3) is 0 Å². The number of hydrogen-bond donors (Lipinski definition) is 2. The Kier molecular flexibility index (Phi) is 5.46. The second-order valence-electron chi connectivity index (χ2n) is 6.63. The van der Waals surface area contributed by atoms with Gasteiger partial charge < -0.3 is 10.6 Å². The molecular weight excluding hydrogens is 362 g/mol. The molecule has 3 rings (SSSR count). The van der Waals surface area contributed by atoms with Gasteiger partial charge in [-0.2, -0.15) is 13.2 Å². The Balaban J connectivity index is 1.71. The van der Waals surface area contributed by atoms with E-state index in [0.717, 1.165) is 6.07 Å². The molecule has 0 aliphatic carbocycles. The van der Waals surface area contributed by atoms with E-state index >= 15 is 0 Å². The maximum Gasteiger partial charge on any atom is 0.433 e. The zero-order valence-electron chi connectivity index (χ0n) is 14.6. The summed E-state index contributed by atoms with van der Waals surface area (Å²) in [6, 6.07) is 7.88. The zero-order chi connectivity index (χ0) is 19.6. The van der Waals surface area contributed by atoms with Crippen LogP contribution in [0, 0.1) is 11.7 Å². The number of amides is 1. The van der Waals surface area contributed by atoms with E-state index in [9.17, 15) is 22.4 Å². The average molecular weight is 381 g/mol. The Morgan fingerprint density at radius 3 is 2.67 bits per heavy atom. The van der Waals surface area contributed by atoms with E-state index in [1.165, 1.54) is 24.4 Å². The van der Waals surface area contributed by atoms with Crippen molar-refractivity contribution in [2.75, 3.05) is 13.1 Å². The van der Waals surface area contributed by atoms with E-state index in [1.54, 1.807) is 19.1 Å². The number of rotatable bonds is 4. The van der Waals surface area contributed by atoms with E-state index in [2.05, 4.69) is 15.6 Å². The molecule has 1 fully saturated rings. The minimum absolute atomic E-state index is 0.235. The van der Waals surface area contributed by atoms with Crippen molar-refractivity contribution in [2.45, 2.75) is 25.1 Å². The third-order valence-corrected chi connectivity index (χ3v) is 4.76. The molecule has 3 atom stereocenters. The van der Waals surface area contributed by atoms with Crippen molar-refractivity contribution in [1.82, 2.24) is 15.6 Å². The highest BCUT2D eigenvalue weighted by Crippen LogP contribution is 2.32. The third kappa shape index (κ3) is 4.44. The maximum absolute atomic E-state index is 13.4. The minimum Gasteiger partial charge on any atom is -0.349 e. The Labute approximate surface area is 154 Å². The highest BCUT2D eigenvalue weighted by molar-refractivity contribution is 5.81. The second-order valence-corrected chi connectivity index (χ2v) is 6.63. The molecule has 4 nitrogen and oxygen atoms in total. The highest BCUT2D eigenvalue weighted by atomic mass is 19.4. The molecule has 144 valence electrons. The number of nitrogens with zero attached hydrogens (tertiary/aromatic N) is 1. The number of aromatic nitrogens is 1. The zero-order valence-corrected chi connectivity index (χ0v) is 14.6. The lowest BCUT2D eigenvalue weighted by atomic mass is 9.88. The van der Waals surface area contributed by atoms with Crippen LogP contribution < -0.4 is 10.6 Å². The molecule has 27 heavy (non-hydrogen) atoms. The molecule has 0 radical (unpaired) electrons. The van der Waals surface area contributed by atoms with Crippen molar-refractivity contribution in [3.8, 4) is 0 Å². The number of carbonyl (C=O) groups excluding carboxylic acids is 1. The van der Waals surface area contributed by atoms with Crippen molar-refractivity contribution in [3.63, 3.8) is 0 Å². The fourth-order valence-electron chi connectivity index (χ4n) is 3.28. The van der Waals surface area contributed by atoms with Crippen LogP contribution in [-0.2, 0) is 11.0 Å². The van der Waals surface area contributed by atoms with Gasteiger partial charge in [-0.05, 0) is 36.2 Å². The van der Waals surface area contributed by atoms with Gasteiger partial charge in [-0.3, -0.25) is 9.78 Å². The van der Waals surface area contributed by atoms with Gasteiger partial charge in [-0.15, -0.1) is 0 Å². The van der Waals surface area contributed by atoms with E-state index in [-0.39, 0.29) is 23.7 Å². The Morgan fingerprint density at radius 2 is 2.04 bits per heavy atom. The first-order valence-corrected chi connectivity index (χ1v) is 8.55. The third-order valence-electron chi connectivity index (χ3n) is 4.76. The van der Waals surface area contributed by atoms with Gasteiger partial charge in [0.1, 0.15) is 11.5 Å². The Bertz CT molecular complexity index is 807. The van der Waals surface area contributed by atoms with Crippen molar-refractivity contribution >= 4 is 5.91 Å². The number of nitrogens with one attached hydrogen (secondary N) is 2. The molecule has 1 aliphatic rings. The summed E-state index contributed by atoms with van der Waals surface area (Å²) in [6.07, 6.45) is -3.32. The molecule has 0 saturated carbocycles.